The lowest BCUT2D eigenvalue weighted by atomic mass is 10.1. The SMILES string of the molecule is [2H]N(c1ncnc(OCCO)c1-c1ccc(Br)cc1)S(=O)(=O)N([2H])C([2H])([2H])CC. The van der Waals surface area contributed by atoms with E-state index in [0.29, 0.717) is 5.56 Å². The van der Waals surface area contributed by atoms with Crippen LogP contribution in [0.15, 0.2) is 35.1 Å². The molecule has 0 aliphatic heterocycles. The van der Waals surface area contributed by atoms with Crippen molar-refractivity contribution in [2.24, 2.45) is 0 Å². The van der Waals surface area contributed by atoms with Crippen LogP contribution in [-0.4, -0.2) is 43.2 Å². The molecule has 1 heterocycles. The molecule has 0 radical (unpaired) electrons. The summed E-state index contributed by atoms with van der Waals surface area (Å²) in [5.41, 5.74) is 0.455. The molecule has 0 spiro atoms. The second-order valence-electron chi connectivity index (χ2n) is 4.60. The van der Waals surface area contributed by atoms with Gasteiger partial charge in [0.1, 0.15) is 14.3 Å². The second-order valence-corrected chi connectivity index (χ2v) is 6.77. The molecule has 0 aliphatic rings. The summed E-state index contributed by atoms with van der Waals surface area (Å²) in [6.07, 6.45) is 0.683. The van der Waals surface area contributed by atoms with E-state index in [0.717, 1.165) is 10.8 Å². The molecule has 1 aromatic carbocycles. The van der Waals surface area contributed by atoms with Crippen LogP contribution in [0.25, 0.3) is 11.1 Å². The van der Waals surface area contributed by atoms with Gasteiger partial charge in [0.2, 0.25) is 5.88 Å². The van der Waals surface area contributed by atoms with Crippen molar-refractivity contribution >= 4 is 32.0 Å². The highest BCUT2D eigenvalue weighted by molar-refractivity contribution is 9.10. The maximum absolute atomic E-state index is 12.7. The number of rotatable bonds is 9. The van der Waals surface area contributed by atoms with E-state index >= 15 is 0 Å². The minimum atomic E-state index is -4.92. The van der Waals surface area contributed by atoms with E-state index in [1.807, 2.05) is 0 Å². The van der Waals surface area contributed by atoms with E-state index in [1.54, 1.807) is 24.3 Å². The number of ether oxygens (including phenoxy) is 1. The van der Waals surface area contributed by atoms with Gasteiger partial charge in [0.25, 0.3) is 10.2 Å². The highest BCUT2D eigenvalue weighted by Gasteiger charge is 2.19. The first-order chi connectivity index (χ1) is 13.6. The van der Waals surface area contributed by atoms with Gasteiger partial charge in [0.15, 0.2) is 7.23 Å². The Morgan fingerprint density at radius 2 is 2.08 bits per heavy atom. The molecule has 25 heavy (non-hydrogen) atoms. The largest absolute Gasteiger partial charge is 0.475 e. The van der Waals surface area contributed by atoms with E-state index < -0.39 is 22.5 Å². The van der Waals surface area contributed by atoms with Crippen LogP contribution >= 0.6 is 15.9 Å². The summed E-state index contributed by atoms with van der Waals surface area (Å²) >= 11 is 3.29. The van der Waals surface area contributed by atoms with Crippen molar-refractivity contribution < 1.29 is 23.8 Å². The first-order valence-corrected chi connectivity index (χ1v) is 9.43. The molecule has 0 saturated heterocycles. The minimum absolute atomic E-state index is 0.0393. The summed E-state index contributed by atoms with van der Waals surface area (Å²) in [6, 6.07) is 6.58. The maximum Gasteiger partial charge on any atom is 0.300 e. The Morgan fingerprint density at radius 1 is 1.36 bits per heavy atom. The predicted octanol–water partition coefficient (Wildman–Crippen LogP) is 1.93. The summed E-state index contributed by atoms with van der Waals surface area (Å²) in [7, 11) is -4.92. The fourth-order valence-corrected chi connectivity index (χ4v) is 2.78. The lowest BCUT2D eigenvalue weighted by Gasteiger charge is -2.15. The van der Waals surface area contributed by atoms with Gasteiger partial charge in [0, 0.05) is 13.7 Å². The first-order valence-electron chi connectivity index (χ1n) is 9.13. The van der Waals surface area contributed by atoms with Crippen molar-refractivity contribution in [2.75, 3.05) is 24.4 Å². The van der Waals surface area contributed by atoms with Crippen molar-refractivity contribution in [1.29, 1.82) is 0 Å². The molecule has 8 nitrogen and oxygen atoms in total. The Hall–Kier alpha value is -1.75. The van der Waals surface area contributed by atoms with Crippen molar-refractivity contribution in [3.63, 3.8) is 0 Å². The number of nitrogens with zero attached hydrogens (tertiary/aromatic N) is 2. The Morgan fingerprint density at radius 3 is 2.72 bits per heavy atom. The molecule has 10 heteroatoms. The van der Waals surface area contributed by atoms with Crippen LogP contribution in [0.2, 0.25) is 2.82 Å². The maximum atomic E-state index is 12.7. The Bertz CT molecular complexity index is 950. The molecular weight excluding hydrogens is 412 g/mol. The third kappa shape index (κ3) is 5.63. The molecule has 3 N–H and O–H groups in total. The molecule has 136 valence electrons. The Labute approximate surface area is 160 Å². The van der Waals surface area contributed by atoms with Crippen LogP contribution in [0, 0.1) is 0 Å². The summed E-state index contributed by atoms with van der Waals surface area (Å²) in [4.78, 5) is 7.82. The Kier molecular flexibility index (Phi) is 5.24. The molecular formula is C15H19BrN4O4S. The molecule has 0 aliphatic carbocycles. The fraction of sp³-hybridized carbons (Fsp3) is 0.333. The van der Waals surface area contributed by atoms with Crippen LogP contribution in [0.1, 0.15) is 16.1 Å². The van der Waals surface area contributed by atoms with E-state index in [1.165, 1.54) is 6.92 Å². The third-order valence-electron chi connectivity index (χ3n) is 2.80. The first kappa shape index (κ1) is 14.4. The zero-order valence-electron chi connectivity index (χ0n) is 17.3. The molecule has 0 amide bonds. The average molecular weight is 435 g/mol. The van der Waals surface area contributed by atoms with Crippen LogP contribution in [0.4, 0.5) is 5.82 Å². The zero-order chi connectivity index (χ0) is 21.8. The van der Waals surface area contributed by atoms with Crippen molar-refractivity contribution in [3.8, 4) is 17.0 Å². The second kappa shape index (κ2) is 9.09. The summed E-state index contributed by atoms with van der Waals surface area (Å²) in [5, 5.41) is 9.03. The number of aliphatic hydroxyl groups excluding tert-OH is 1. The molecule has 0 unspecified atom stereocenters. The predicted molar refractivity (Wildman–Crippen MR) is 98.6 cm³/mol. The van der Waals surface area contributed by atoms with Gasteiger partial charge in [-0.1, -0.05) is 35.0 Å². The topological polar surface area (TPSA) is 113 Å². The van der Waals surface area contributed by atoms with Crippen LogP contribution in [-0.2, 0) is 10.2 Å². The van der Waals surface area contributed by atoms with Crippen LogP contribution < -0.4 is 14.2 Å². The number of aliphatic hydroxyl groups is 1. The number of hydrogen-bond donors (Lipinski definition) is 3. The van der Waals surface area contributed by atoms with Gasteiger partial charge in [0.05, 0.1) is 12.2 Å². The molecule has 2 rings (SSSR count). The lowest BCUT2D eigenvalue weighted by molar-refractivity contribution is 0.197. The monoisotopic (exact) mass is 434 g/mol. The molecule has 0 fully saturated rings. The number of benzene rings is 1. The van der Waals surface area contributed by atoms with Gasteiger partial charge in [-0.05, 0) is 24.1 Å². The lowest BCUT2D eigenvalue weighted by Crippen LogP contribution is -2.31. The smallest absolute Gasteiger partial charge is 0.300 e. The van der Waals surface area contributed by atoms with Gasteiger partial charge in [-0.3, -0.25) is 4.72 Å². The zero-order valence-corrected chi connectivity index (χ0v) is 15.7. The van der Waals surface area contributed by atoms with Gasteiger partial charge >= 0.3 is 0 Å². The van der Waals surface area contributed by atoms with E-state index in [9.17, 15) is 8.42 Å². The number of nitrogens with one attached hydrogen (secondary N) is 2. The molecule has 0 atom stereocenters. The molecule has 0 bridgehead atoms. The van der Waals surface area contributed by atoms with Crippen molar-refractivity contribution in [2.45, 2.75) is 13.3 Å². The van der Waals surface area contributed by atoms with Crippen molar-refractivity contribution in [3.05, 3.63) is 35.1 Å². The Balaban J connectivity index is 2.63. The average Bonchev–Trinajstić information content (AvgIpc) is 2.71. The van der Waals surface area contributed by atoms with Gasteiger partial charge < -0.3 is 9.84 Å². The van der Waals surface area contributed by atoms with E-state index in [-0.39, 0.29) is 40.5 Å². The fourth-order valence-electron chi connectivity index (χ4n) is 1.83. The summed E-state index contributed by atoms with van der Waals surface area (Å²) < 4.78 is 62.4. The molecule has 1 aromatic heterocycles. The summed E-state index contributed by atoms with van der Waals surface area (Å²) in [5.74, 6) is -0.506. The molecule has 2 aromatic rings. The highest BCUT2D eigenvalue weighted by atomic mass is 79.9. The number of hydrogen-bond acceptors (Lipinski definition) is 6. The number of halogens is 1. The van der Waals surface area contributed by atoms with Crippen molar-refractivity contribution in [1.82, 2.24) is 14.7 Å². The minimum Gasteiger partial charge on any atom is -0.475 e. The summed E-state index contributed by atoms with van der Waals surface area (Å²) in [6.45, 7) is -1.60. The van der Waals surface area contributed by atoms with Crippen LogP contribution in [0.3, 0.4) is 0 Å². The quantitative estimate of drug-likeness (QED) is 0.555. The number of aromatic nitrogens is 2. The van der Waals surface area contributed by atoms with Gasteiger partial charge in [-0.2, -0.15) is 13.1 Å². The van der Waals surface area contributed by atoms with Crippen LogP contribution in [0.5, 0.6) is 5.88 Å². The highest BCUT2D eigenvalue weighted by Crippen LogP contribution is 2.34. The van der Waals surface area contributed by atoms with E-state index in [4.69, 9.17) is 15.4 Å². The third-order valence-corrected chi connectivity index (χ3v) is 4.09. The van der Waals surface area contributed by atoms with Gasteiger partial charge in [-0.15, -0.1) is 0 Å². The van der Waals surface area contributed by atoms with E-state index in [2.05, 4.69) is 25.9 Å². The molecule has 0 saturated carbocycles. The normalized spacial score (nSPS) is 14.4. The van der Waals surface area contributed by atoms with Gasteiger partial charge in [-0.25, -0.2) is 9.97 Å². The standard InChI is InChI=1S/C15H19BrN4O4S/c1-2-7-19-25(22,23)20-14-13(11-3-5-12(16)6-4-11)15(18-10-17-14)24-9-8-21/h3-6,10,19,21H,2,7-9H2,1H3,(H,17,18,20)/i7D2/hD2. The number of anilines is 1.